The monoisotopic (exact) mass is 450 g/mol. The van der Waals surface area contributed by atoms with Gasteiger partial charge in [-0.25, -0.2) is 0 Å². The maximum atomic E-state index is 12.9. The van der Waals surface area contributed by atoms with Gasteiger partial charge in [-0.3, -0.25) is 4.79 Å². The first kappa shape index (κ1) is 24.0. The number of allylic oxidation sites excluding steroid dienone is 1. The highest BCUT2D eigenvalue weighted by Gasteiger charge is 2.52. The number of hydrogen-bond donors (Lipinski definition) is 0. The third kappa shape index (κ3) is 6.48. The molecule has 3 saturated heterocycles. The Bertz CT molecular complexity index is 607. The minimum atomic E-state index is -0.298. The molecule has 4 fully saturated rings. The van der Waals surface area contributed by atoms with Crippen LogP contribution < -0.4 is 0 Å². The van der Waals surface area contributed by atoms with Crippen LogP contribution in [0, 0.1) is 17.8 Å². The molecule has 0 aromatic heterocycles. The van der Waals surface area contributed by atoms with Crippen LogP contribution in [0.4, 0.5) is 0 Å². The summed E-state index contributed by atoms with van der Waals surface area (Å²) in [6.45, 7) is 4.44. The molecule has 4 rings (SSSR count). The molecule has 3 aliphatic heterocycles. The Balaban J connectivity index is 1.36. The topological polar surface area (TPSA) is 63.2 Å². The fraction of sp³-hybridized carbons (Fsp3) is 0.885. The van der Waals surface area contributed by atoms with Gasteiger partial charge in [-0.2, -0.15) is 0 Å². The van der Waals surface area contributed by atoms with Crippen molar-refractivity contribution in [2.24, 2.45) is 17.8 Å². The molecule has 0 N–H and O–H groups in total. The predicted octanol–water partition coefficient (Wildman–Crippen LogP) is 5.49. The van der Waals surface area contributed by atoms with Crippen LogP contribution in [-0.2, 0) is 28.5 Å². The summed E-state index contributed by atoms with van der Waals surface area (Å²) in [5.74, 6) is 0.957. The molecular weight excluding hydrogens is 408 g/mol. The van der Waals surface area contributed by atoms with E-state index < -0.39 is 0 Å². The van der Waals surface area contributed by atoms with Gasteiger partial charge < -0.3 is 23.7 Å². The van der Waals surface area contributed by atoms with E-state index in [9.17, 15) is 4.79 Å². The summed E-state index contributed by atoms with van der Waals surface area (Å²) in [6.07, 6.45) is 15.8. The number of unbranched alkanes of at least 4 members (excludes halogenated alkanes) is 4. The molecule has 0 bridgehead atoms. The van der Waals surface area contributed by atoms with Gasteiger partial charge >= 0.3 is 5.97 Å². The predicted molar refractivity (Wildman–Crippen MR) is 121 cm³/mol. The van der Waals surface area contributed by atoms with E-state index in [0.717, 1.165) is 76.8 Å². The van der Waals surface area contributed by atoms with E-state index in [1.54, 1.807) is 0 Å². The zero-order valence-corrected chi connectivity index (χ0v) is 19.8. The van der Waals surface area contributed by atoms with Gasteiger partial charge in [0, 0.05) is 18.9 Å². The zero-order chi connectivity index (χ0) is 22.2. The number of ether oxygens (including phenoxy) is 5. The third-order valence-electron chi connectivity index (χ3n) is 7.37. The largest absolute Gasteiger partial charge is 0.469 e. The normalized spacial score (nSPS) is 35.5. The molecule has 6 heteroatoms. The Morgan fingerprint density at radius 3 is 2.50 bits per heavy atom. The van der Waals surface area contributed by atoms with Crippen LogP contribution in [0.15, 0.2) is 11.8 Å². The molecule has 0 aromatic rings. The van der Waals surface area contributed by atoms with Crippen LogP contribution in [0.5, 0.6) is 0 Å². The first-order valence-electron chi connectivity index (χ1n) is 13.2. The Labute approximate surface area is 193 Å². The van der Waals surface area contributed by atoms with Crippen LogP contribution in [0.1, 0.15) is 90.4 Å². The summed E-state index contributed by atoms with van der Waals surface area (Å²) in [5.41, 5.74) is 0. The van der Waals surface area contributed by atoms with E-state index in [1.807, 2.05) is 0 Å². The molecule has 1 aliphatic carbocycles. The third-order valence-corrected chi connectivity index (χ3v) is 7.37. The minimum absolute atomic E-state index is 0.0206. The number of fused-ring (bicyclic) bond motifs is 1. The Hall–Kier alpha value is -1.11. The second-order valence-electron chi connectivity index (χ2n) is 9.95. The van der Waals surface area contributed by atoms with E-state index in [4.69, 9.17) is 23.7 Å². The van der Waals surface area contributed by atoms with Gasteiger partial charge in [-0.1, -0.05) is 26.2 Å². The Morgan fingerprint density at radius 2 is 1.78 bits per heavy atom. The van der Waals surface area contributed by atoms with Crippen molar-refractivity contribution in [1.82, 2.24) is 0 Å². The van der Waals surface area contributed by atoms with Crippen LogP contribution >= 0.6 is 0 Å². The van der Waals surface area contributed by atoms with Crippen molar-refractivity contribution in [2.45, 2.75) is 109 Å². The summed E-state index contributed by atoms with van der Waals surface area (Å²) in [7, 11) is 0. The number of hydrogen-bond acceptors (Lipinski definition) is 6. The van der Waals surface area contributed by atoms with Gasteiger partial charge in [0.2, 0.25) is 0 Å². The molecule has 182 valence electrons. The number of carbonyl (C=O) groups excluding carboxylic acids is 1. The average molecular weight is 451 g/mol. The fourth-order valence-electron chi connectivity index (χ4n) is 5.59. The van der Waals surface area contributed by atoms with Crippen molar-refractivity contribution in [3.63, 3.8) is 0 Å². The highest BCUT2D eigenvalue weighted by Crippen LogP contribution is 2.47. The van der Waals surface area contributed by atoms with Gasteiger partial charge in [0.05, 0.1) is 13.2 Å². The molecule has 0 aromatic carbocycles. The summed E-state index contributed by atoms with van der Waals surface area (Å²) in [4.78, 5) is 12.9. The molecular formula is C26H42O6. The molecule has 32 heavy (non-hydrogen) atoms. The van der Waals surface area contributed by atoms with E-state index >= 15 is 0 Å². The molecule has 6 nitrogen and oxygen atoms in total. The molecule has 6 atom stereocenters. The summed E-state index contributed by atoms with van der Waals surface area (Å²) in [5, 5.41) is 0. The molecule has 4 aliphatic rings. The van der Waals surface area contributed by atoms with Gasteiger partial charge in [0.1, 0.15) is 17.8 Å². The average Bonchev–Trinajstić information content (AvgIpc) is 3.34. The Kier molecular flexibility index (Phi) is 9.30. The number of rotatable bonds is 11. The van der Waals surface area contributed by atoms with Gasteiger partial charge in [-0.05, 0) is 69.8 Å². The SMILES string of the molecule is CCCCCCC=C(OC1CCCCO1)C1C(=O)O[C@@H]2C[C@H](COC3CCCCO3)C[C@@H]12. The van der Waals surface area contributed by atoms with Gasteiger partial charge in [0.25, 0.3) is 0 Å². The summed E-state index contributed by atoms with van der Waals surface area (Å²) < 4.78 is 29.8. The number of esters is 1. The summed E-state index contributed by atoms with van der Waals surface area (Å²) in [6, 6.07) is 0. The molecule has 0 spiro atoms. The molecule has 1 saturated carbocycles. The highest BCUT2D eigenvalue weighted by molar-refractivity contribution is 5.78. The Morgan fingerprint density at radius 1 is 1.00 bits per heavy atom. The number of carbonyl (C=O) groups is 1. The van der Waals surface area contributed by atoms with Crippen LogP contribution in [-0.4, -0.2) is 44.5 Å². The van der Waals surface area contributed by atoms with Crippen LogP contribution in [0.3, 0.4) is 0 Å². The molecule has 3 unspecified atom stereocenters. The maximum Gasteiger partial charge on any atom is 0.317 e. The highest BCUT2D eigenvalue weighted by atomic mass is 16.7. The van der Waals surface area contributed by atoms with Crippen molar-refractivity contribution in [1.29, 1.82) is 0 Å². The lowest BCUT2D eigenvalue weighted by Gasteiger charge is -2.28. The van der Waals surface area contributed by atoms with Crippen molar-refractivity contribution in [2.75, 3.05) is 19.8 Å². The fourth-order valence-corrected chi connectivity index (χ4v) is 5.59. The first-order chi connectivity index (χ1) is 15.7. The van der Waals surface area contributed by atoms with E-state index in [-0.39, 0.29) is 36.5 Å². The molecule has 3 heterocycles. The zero-order valence-electron chi connectivity index (χ0n) is 19.8. The van der Waals surface area contributed by atoms with E-state index in [2.05, 4.69) is 13.0 Å². The lowest BCUT2D eigenvalue weighted by atomic mass is 9.88. The lowest BCUT2D eigenvalue weighted by molar-refractivity contribution is -0.170. The molecule has 0 radical (unpaired) electrons. The second-order valence-corrected chi connectivity index (χ2v) is 9.95. The standard InChI is InChI=1S/C26H42O6/c1-2-3-4-5-6-11-21(31-24-13-8-10-15-29-24)25-20-16-19(17-22(20)32-26(25)27)18-30-23-12-7-9-14-28-23/h11,19-20,22-25H,2-10,12-18H2,1H3/t19-,20-,22-,23?,24?,25?/m1/s1. The maximum absolute atomic E-state index is 12.9. The summed E-state index contributed by atoms with van der Waals surface area (Å²) >= 11 is 0. The van der Waals surface area contributed by atoms with E-state index in [0.29, 0.717) is 12.5 Å². The van der Waals surface area contributed by atoms with Gasteiger partial charge in [-0.15, -0.1) is 0 Å². The van der Waals surface area contributed by atoms with Crippen molar-refractivity contribution in [3.8, 4) is 0 Å². The minimum Gasteiger partial charge on any atom is -0.469 e. The quantitative estimate of drug-likeness (QED) is 0.235. The van der Waals surface area contributed by atoms with Crippen molar-refractivity contribution >= 4 is 5.97 Å². The van der Waals surface area contributed by atoms with Crippen LogP contribution in [0.2, 0.25) is 0 Å². The van der Waals surface area contributed by atoms with Crippen molar-refractivity contribution in [3.05, 3.63) is 11.8 Å². The van der Waals surface area contributed by atoms with Crippen LogP contribution in [0.25, 0.3) is 0 Å². The van der Waals surface area contributed by atoms with Gasteiger partial charge in [0.15, 0.2) is 12.6 Å². The lowest BCUT2D eigenvalue weighted by Crippen LogP contribution is -2.28. The van der Waals surface area contributed by atoms with E-state index in [1.165, 1.54) is 25.7 Å². The smallest absolute Gasteiger partial charge is 0.317 e. The second kappa shape index (κ2) is 12.4. The van der Waals surface area contributed by atoms with Crippen molar-refractivity contribution < 1.29 is 28.5 Å². The molecule has 0 amide bonds. The first-order valence-corrected chi connectivity index (χ1v) is 13.2.